The number of thioether (sulfide) groups is 2. The summed E-state index contributed by atoms with van der Waals surface area (Å²) in [6.45, 7) is 0.584. The molecular weight excluding hydrogens is 326 g/mol. The fourth-order valence-electron chi connectivity index (χ4n) is 2.00. The Kier molecular flexibility index (Phi) is 6.98. The highest BCUT2D eigenvalue weighted by molar-refractivity contribution is 7.98. The average molecular weight is 343 g/mol. The third-order valence-electron chi connectivity index (χ3n) is 3.14. The summed E-state index contributed by atoms with van der Waals surface area (Å²) < 4.78 is 0. The average Bonchev–Trinajstić information content (AvgIpc) is 2.61. The maximum absolute atomic E-state index is 12.1. The van der Waals surface area contributed by atoms with Gasteiger partial charge in [-0.2, -0.15) is 17.0 Å². The third kappa shape index (κ3) is 5.02. The molecule has 0 unspecified atom stereocenters. The molecule has 0 saturated heterocycles. The molecule has 2 rings (SSSR count). The molecule has 4 nitrogen and oxygen atoms in total. The zero-order valence-corrected chi connectivity index (χ0v) is 14.4. The van der Waals surface area contributed by atoms with Crippen LogP contribution in [-0.4, -0.2) is 29.4 Å². The van der Waals surface area contributed by atoms with Crippen LogP contribution in [0, 0.1) is 11.3 Å². The summed E-state index contributed by atoms with van der Waals surface area (Å²) in [6.07, 6.45) is 3.59. The van der Waals surface area contributed by atoms with E-state index in [2.05, 4.69) is 16.4 Å². The van der Waals surface area contributed by atoms with Gasteiger partial charge in [-0.05, 0) is 30.0 Å². The number of nitriles is 1. The highest BCUT2D eigenvalue weighted by atomic mass is 32.2. The Morgan fingerprint density at radius 2 is 2.13 bits per heavy atom. The van der Waals surface area contributed by atoms with Crippen molar-refractivity contribution in [3.63, 3.8) is 0 Å². The lowest BCUT2D eigenvalue weighted by Crippen LogP contribution is -2.26. The van der Waals surface area contributed by atoms with E-state index in [1.165, 1.54) is 11.8 Å². The van der Waals surface area contributed by atoms with Gasteiger partial charge in [0.25, 0.3) is 5.91 Å². The molecule has 0 aliphatic carbocycles. The van der Waals surface area contributed by atoms with Gasteiger partial charge in [0.1, 0.15) is 5.03 Å². The first-order valence-electron chi connectivity index (χ1n) is 7.09. The first kappa shape index (κ1) is 17.4. The topological polar surface area (TPSA) is 65.8 Å². The van der Waals surface area contributed by atoms with Gasteiger partial charge in [-0.1, -0.05) is 18.2 Å². The summed E-state index contributed by atoms with van der Waals surface area (Å²) in [6, 6.07) is 13.3. The molecule has 0 fully saturated rings. The number of aromatic nitrogens is 1. The standard InChI is InChI=1S/C17H17N3OS2/c1-22-17-15(7-4-8-20-17)16(21)19-9-10-23-12-14-6-3-2-5-13(14)11-18/h2-8H,9-10,12H2,1H3,(H,19,21). The quantitative estimate of drug-likeness (QED) is 0.617. The van der Waals surface area contributed by atoms with Crippen molar-refractivity contribution in [1.82, 2.24) is 10.3 Å². The van der Waals surface area contributed by atoms with E-state index in [1.807, 2.05) is 30.5 Å². The number of benzene rings is 1. The molecule has 2 aromatic rings. The second-order valence-electron chi connectivity index (χ2n) is 4.64. The van der Waals surface area contributed by atoms with Gasteiger partial charge >= 0.3 is 0 Å². The van der Waals surface area contributed by atoms with E-state index in [9.17, 15) is 4.79 Å². The fraction of sp³-hybridized carbons (Fsp3) is 0.235. The van der Waals surface area contributed by atoms with Crippen LogP contribution in [0.2, 0.25) is 0 Å². The molecule has 0 aliphatic rings. The van der Waals surface area contributed by atoms with Crippen molar-refractivity contribution in [3.8, 4) is 6.07 Å². The van der Waals surface area contributed by atoms with E-state index in [0.717, 1.165) is 22.1 Å². The Hall–Kier alpha value is -1.97. The number of amides is 1. The van der Waals surface area contributed by atoms with Gasteiger partial charge < -0.3 is 5.32 Å². The number of rotatable bonds is 7. The SMILES string of the molecule is CSc1ncccc1C(=O)NCCSCc1ccccc1C#N. The second kappa shape index (κ2) is 9.23. The lowest BCUT2D eigenvalue weighted by atomic mass is 10.1. The van der Waals surface area contributed by atoms with Crippen molar-refractivity contribution in [1.29, 1.82) is 5.26 Å². The van der Waals surface area contributed by atoms with Gasteiger partial charge in [-0.25, -0.2) is 4.98 Å². The number of nitrogens with one attached hydrogen (secondary N) is 1. The van der Waals surface area contributed by atoms with Crippen LogP contribution in [0.4, 0.5) is 0 Å². The third-order valence-corrected chi connectivity index (χ3v) is 4.86. The Balaban J connectivity index is 1.77. The summed E-state index contributed by atoms with van der Waals surface area (Å²) in [5.41, 5.74) is 2.35. The summed E-state index contributed by atoms with van der Waals surface area (Å²) in [4.78, 5) is 16.3. The predicted molar refractivity (Wildman–Crippen MR) is 95.7 cm³/mol. The molecule has 1 amide bonds. The van der Waals surface area contributed by atoms with Gasteiger partial charge in [0, 0.05) is 24.2 Å². The molecule has 0 atom stereocenters. The maximum atomic E-state index is 12.1. The lowest BCUT2D eigenvalue weighted by molar-refractivity contribution is 0.0952. The smallest absolute Gasteiger partial charge is 0.254 e. The molecule has 0 bridgehead atoms. The maximum Gasteiger partial charge on any atom is 0.254 e. The summed E-state index contributed by atoms with van der Waals surface area (Å²) in [5.74, 6) is 1.46. The largest absolute Gasteiger partial charge is 0.351 e. The van der Waals surface area contributed by atoms with E-state index in [-0.39, 0.29) is 5.91 Å². The van der Waals surface area contributed by atoms with Crippen LogP contribution in [0.25, 0.3) is 0 Å². The van der Waals surface area contributed by atoms with Crippen LogP contribution in [-0.2, 0) is 5.75 Å². The van der Waals surface area contributed by atoms with Crippen LogP contribution in [0.5, 0.6) is 0 Å². The Bertz CT molecular complexity index is 713. The van der Waals surface area contributed by atoms with Gasteiger partial charge in [0.2, 0.25) is 0 Å². The number of hydrogen-bond donors (Lipinski definition) is 1. The summed E-state index contributed by atoms with van der Waals surface area (Å²) >= 11 is 3.16. The van der Waals surface area contributed by atoms with Gasteiger partial charge in [-0.15, -0.1) is 11.8 Å². The molecule has 1 aromatic heterocycles. The van der Waals surface area contributed by atoms with E-state index < -0.39 is 0 Å². The first-order chi connectivity index (χ1) is 11.3. The number of hydrogen-bond acceptors (Lipinski definition) is 5. The monoisotopic (exact) mass is 343 g/mol. The summed E-state index contributed by atoms with van der Waals surface area (Å²) in [7, 11) is 0. The molecule has 23 heavy (non-hydrogen) atoms. The van der Waals surface area contributed by atoms with Crippen molar-refractivity contribution in [3.05, 3.63) is 59.3 Å². The number of carbonyl (C=O) groups is 1. The van der Waals surface area contributed by atoms with E-state index >= 15 is 0 Å². The van der Waals surface area contributed by atoms with Gasteiger partial charge in [-0.3, -0.25) is 4.79 Å². The Morgan fingerprint density at radius 1 is 1.30 bits per heavy atom. The Labute approximate surface area is 144 Å². The van der Waals surface area contributed by atoms with Crippen molar-refractivity contribution in [2.24, 2.45) is 0 Å². The molecule has 0 saturated carbocycles. The van der Waals surface area contributed by atoms with Crippen molar-refractivity contribution in [2.75, 3.05) is 18.6 Å². The molecule has 1 heterocycles. The van der Waals surface area contributed by atoms with E-state index in [0.29, 0.717) is 17.7 Å². The van der Waals surface area contributed by atoms with Gasteiger partial charge in [0.15, 0.2) is 0 Å². The number of pyridine rings is 1. The lowest BCUT2D eigenvalue weighted by Gasteiger charge is -2.08. The number of carbonyl (C=O) groups excluding carboxylic acids is 1. The predicted octanol–water partition coefficient (Wildman–Crippen LogP) is 3.34. The fourth-order valence-corrected chi connectivity index (χ4v) is 3.40. The van der Waals surface area contributed by atoms with Crippen LogP contribution < -0.4 is 5.32 Å². The van der Waals surface area contributed by atoms with Crippen molar-refractivity contribution >= 4 is 29.4 Å². The molecule has 118 valence electrons. The minimum atomic E-state index is -0.0968. The molecule has 0 spiro atoms. The van der Waals surface area contributed by atoms with Crippen molar-refractivity contribution < 1.29 is 4.79 Å². The first-order valence-corrected chi connectivity index (χ1v) is 9.47. The highest BCUT2D eigenvalue weighted by Crippen LogP contribution is 2.17. The summed E-state index contributed by atoms with van der Waals surface area (Å²) in [5, 5.41) is 12.7. The minimum absolute atomic E-state index is 0.0968. The molecule has 0 aliphatic heterocycles. The molecule has 1 N–H and O–H groups in total. The Morgan fingerprint density at radius 3 is 2.91 bits per heavy atom. The van der Waals surface area contributed by atoms with Crippen LogP contribution in [0.3, 0.4) is 0 Å². The zero-order valence-electron chi connectivity index (χ0n) is 12.8. The van der Waals surface area contributed by atoms with Gasteiger partial charge in [0.05, 0.1) is 17.2 Å². The second-order valence-corrected chi connectivity index (χ2v) is 6.54. The minimum Gasteiger partial charge on any atom is -0.351 e. The van der Waals surface area contributed by atoms with E-state index in [1.54, 1.807) is 30.1 Å². The van der Waals surface area contributed by atoms with Crippen molar-refractivity contribution in [2.45, 2.75) is 10.8 Å². The zero-order chi connectivity index (χ0) is 16.5. The highest BCUT2D eigenvalue weighted by Gasteiger charge is 2.10. The van der Waals surface area contributed by atoms with Crippen LogP contribution >= 0.6 is 23.5 Å². The normalized spacial score (nSPS) is 10.1. The molecule has 0 radical (unpaired) electrons. The molecule has 1 aromatic carbocycles. The number of nitrogens with zero attached hydrogens (tertiary/aromatic N) is 2. The van der Waals surface area contributed by atoms with Crippen LogP contribution in [0.1, 0.15) is 21.5 Å². The van der Waals surface area contributed by atoms with E-state index in [4.69, 9.17) is 5.26 Å². The van der Waals surface area contributed by atoms with Crippen LogP contribution in [0.15, 0.2) is 47.6 Å². The molecule has 6 heteroatoms. The molecular formula is C17H17N3OS2.